The predicted molar refractivity (Wildman–Crippen MR) is 88.4 cm³/mol. The monoisotopic (exact) mass is 342 g/mol. The van der Waals surface area contributed by atoms with Crippen LogP contribution in [0.25, 0.3) is 0 Å². The van der Waals surface area contributed by atoms with Crippen LogP contribution in [-0.4, -0.2) is 13.7 Å². The zero-order chi connectivity index (χ0) is 14.8. The van der Waals surface area contributed by atoms with Crippen molar-refractivity contribution in [1.82, 2.24) is 0 Å². The molecule has 0 saturated carbocycles. The van der Waals surface area contributed by atoms with Crippen molar-refractivity contribution in [2.75, 3.05) is 13.7 Å². The number of rotatable bonds is 10. The first-order chi connectivity index (χ1) is 9.71. The molecule has 1 aromatic carbocycles. The predicted octanol–water partition coefficient (Wildman–Crippen LogP) is 5.90. The van der Waals surface area contributed by atoms with Crippen LogP contribution in [0.4, 0.5) is 0 Å². The number of hydrogen-bond donors (Lipinski definition) is 0. The van der Waals surface area contributed by atoms with E-state index in [1.165, 1.54) is 31.2 Å². The normalized spacial score (nSPS) is 12.4. The molecule has 1 aromatic rings. The minimum atomic E-state index is 0.160. The van der Waals surface area contributed by atoms with Crippen LogP contribution in [0, 0.1) is 0 Å². The van der Waals surface area contributed by atoms with Gasteiger partial charge in [-0.3, -0.25) is 0 Å². The molecule has 0 aliphatic rings. The number of unbranched alkanes of at least 4 members (excludes halogenated alkanes) is 4. The third-order valence-electron chi connectivity index (χ3n) is 3.44. The van der Waals surface area contributed by atoms with E-state index in [1.54, 1.807) is 7.11 Å². The molecule has 2 nitrogen and oxygen atoms in total. The first kappa shape index (κ1) is 17.5. The number of methoxy groups -OCH3 is 1. The van der Waals surface area contributed by atoms with E-state index in [-0.39, 0.29) is 6.10 Å². The molecule has 1 rings (SSSR count). The third kappa shape index (κ3) is 6.27. The molecule has 0 aromatic heterocycles. The van der Waals surface area contributed by atoms with Crippen LogP contribution in [0.3, 0.4) is 0 Å². The third-order valence-corrected chi connectivity index (χ3v) is 3.90. The lowest BCUT2D eigenvalue weighted by Crippen LogP contribution is -2.05. The number of ether oxygens (including phenoxy) is 2. The number of hydrogen-bond acceptors (Lipinski definition) is 2. The molecule has 0 radical (unpaired) electrons. The summed E-state index contributed by atoms with van der Waals surface area (Å²) in [5, 5.41) is 0. The van der Waals surface area contributed by atoms with Crippen LogP contribution in [0.1, 0.15) is 64.0 Å². The standard InChI is InChI=1S/C17H27BrO2/c1-4-6-7-8-9-10-20-17(5-2)14-11-15(18)13-16(12-14)19-3/h11-13,17H,4-10H2,1-3H3. The van der Waals surface area contributed by atoms with Gasteiger partial charge in [-0.25, -0.2) is 0 Å². The van der Waals surface area contributed by atoms with Crippen molar-refractivity contribution in [2.24, 2.45) is 0 Å². The van der Waals surface area contributed by atoms with E-state index in [2.05, 4.69) is 41.9 Å². The largest absolute Gasteiger partial charge is 0.497 e. The quantitative estimate of drug-likeness (QED) is 0.493. The molecule has 20 heavy (non-hydrogen) atoms. The molecule has 0 N–H and O–H groups in total. The fourth-order valence-electron chi connectivity index (χ4n) is 2.27. The second-order valence-corrected chi connectivity index (χ2v) is 6.02. The summed E-state index contributed by atoms with van der Waals surface area (Å²) in [6.07, 6.45) is 7.51. The SMILES string of the molecule is CCCCCCCOC(CC)c1cc(Br)cc(OC)c1. The van der Waals surface area contributed by atoms with E-state index in [4.69, 9.17) is 9.47 Å². The van der Waals surface area contributed by atoms with Gasteiger partial charge in [0, 0.05) is 11.1 Å². The molecule has 3 heteroatoms. The Morgan fingerprint density at radius 2 is 1.80 bits per heavy atom. The average Bonchev–Trinajstić information content (AvgIpc) is 2.46. The number of benzene rings is 1. The molecule has 0 amide bonds. The molecule has 114 valence electrons. The number of halogens is 1. The van der Waals surface area contributed by atoms with E-state index in [1.807, 2.05) is 6.07 Å². The summed E-state index contributed by atoms with van der Waals surface area (Å²) in [5.41, 5.74) is 1.19. The molecule has 0 aliphatic carbocycles. The minimum absolute atomic E-state index is 0.160. The Labute approximate surface area is 132 Å². The smallest absolute Gasteiger partial charge is 0.120 e. The van der Waals surface area contributed by atoms with Crippen molar-refractivity contribution >= 4 is 15.9 Å². The first-order valence-electron chi connectivity index (χ1n) is 7.67. The second-order valence-electron chi connectivity index (χ2n) is 5.11. The van der Waals surface area contributed by atoms with Crippen LogP contribution in [0.2, 0.25) is 0 Å². The van der Waals surface area contributed by atoms with Crippen molar-refractivity contribution in [1.29, 1.82) is 0 Å². The maximum atomic E-state index is 6.04. The fourth-order valence-corrected chi connectivity index (χ4v) is 2.76. The molecule has 0 saturated heterocycles. The molecule has 0 spiro atoms. The van der Waals surface area contributed by atoms with Crippen molar-refractivity contribution in [3.05, 3.63) is 28.2 Å². The summed E-state index contributed by atoms with van der Waals surface area (Å²) in [5.74, 6) is 0.874. The maximum absolute atomic E-state index is 6.04. The highest BCUT2D eigenvalue weighted by Gasteiger charge is 2.11. The zero-order valence-corrected chi connectivity index (χ0v) is 14.5. The summed E-state index contributed by atoms with van der Waals surface area (Å²) >= 11 is 3.53. The molecule has 0 aliphatic heterocycles. The van der Waals surface area contributed by atoms with Gasteiger partial charge in [0.2, 0.25) is 0 Å². The Morgan fingerprint density at radius 3 is 2.45 bits per heavy atom. The Morgan fingerprint density at radius 1 is 1.05 bits per heavy atom. The molecular formula is C17H27BrO2. The lowest BCUT2D eigenvalue weighted by atomic mass is 10.1. The zero-order valence-electron chi connectivity index (χ0n) is 13.0. The summed E-state index contributed by atoms with van der Waals surface area (Å²) in [7, 11) is 1.70. The van der Waals surface area contributed by atoms with Gasteiger partial charge in [-0.15, -0.1) is 0 Å². The van der Waals surface area contributed by atoms with E-state index >= 15 is 0 Å². The van der Waals surface area contributed by atoms with Gasteiger partial charge >= 0.3 is 0 Å². The van der Waals surface area contributed by atoms with Gasteiger partial charge in [-0.1, -0.05) is 55.5 Å². The topological polar surface area (TPSA) is 18.5 Å². The molecule has 0 heterocycles. The van der Waals surface area contributed by atoms with Crippen molar-refractivity contribution in [3.8, 4) is 5.75 Å². The summed E-state index contributed by atoms with van der Waals surface area (Å²) in [4.78, 5) is 0. The van der Waals surface area contributed by atoms with E-state index in [0.29, 0.717) is 0 Å². The van der Waals surface area contributed by atoms with E-state index in [9.17, 15) is 0 Å². The fraction of sp³-hybridized carbons (Fsp3) is 0.647. The lowest BCUT2D eigenvalue weighted by Gasteiger charge is -2.18. The van der Waals surface area contributed by atoms with E-state index < -0.39 is 0 Å². The highest BCUT2D eigenvalue weighted by atomic mass is 79.9. The van der Waals surface area contributed by atoms with Gasteiger partial charge in [0.25, 0.3) is 0 Å². The van der Waals surface area contributed by atoms with Crippen LogP contribution in [-0.2, 0) is 4.74 Å². The summed E-state index contributed by atoms with van der Waals surface area (Å²) in [6.45, 7) is 5.25. The maximum Gasteiger partial charge on any atom is 0.120 e. The van der Waals surface area contributed by atoms with Gasteiger partial charge in [0.05, 0.1) is 13.2 Å². The van der Waals surface area contributed by atoms with Gasteiger partial charge in [-0.05, 0) is 36.6 Å². The van der Waals surface area contributed by atoms with Gasteiger partial charge < -0.3 is 9.47 Å². The van der Waals surface area contributed by atoms with Gasteiger partial charge in [0.1, 0.15) is 5.75 Å². The van der Waals surface area contributed by atoms with Gasteiger partial charge in [-0.2, -0.15) is 0 Å². The Hall–Kier alpha value is -0.540. The second kappa shape index (κ2) is 10.2. The molecule has 1 atom stereocenters. The Kier molecular flexibility index (Phi) is 8.95. The molecule has 1 unspecified atom stereocenters. The van der Waals surface area contributed by atoms with E-state index in [0.717, 1.165) is 29.7 Å². The van der Waals surface area contributed by atoms with Crippen molar-refractivity contribution in [3.63, 3.8) is 0 Å². The Bertz CT molecular complexity index is 379. The summed E-state index contributed by atoms with van der Waals surface area (Å²) in [6, 6.07) is 6.16. The van der Waals surface area contributed by atoms with Crippen LogP contribution in [0.5, 0.6) is 5.75 Å². The van der Waals surface area contributed by atoms with Gasteiger partial charge in [0.15, 0.2) is 0 Å². The average molecular weight is 343 g/mol. The molecule has 0 fully saturated rings. The van der Waals surface area contributed by atoms with Crippen LogP contribution in [0.15, 0.2) is 22.7 Å². The van der Waals surface area contributed by atoms with Crippen molar-refractivity contribution in [2.45, 2.75) is 58.5 Å². The molecule has 0 bridgehead atoms. The molecular weight excluding hydrogens is 316 g/mol. The van der Waals surface area contributed by atoms with Crippen LogP contribution >= 0.6 is 15.9 Å². The Balaban J connectivity index is 2.47. The highest BCUT2D eigenvalue weighted by molar-refractivity contribution is 9.10. The minimum Gasteiger partial charge on any atom is -0.497 e. The van der Waals surface area contributed by atoms with Crippen LogP contribution < -0.4 is 4.74 Å². The first-order valence-corrected chi connectivity index (χ1v) is 8.46. The lowest BCUT2D eigenvalue weighted by molar-refractivity contribution is 0.0471. The summed E-state index contributed by atoms with van der Waals surface area (Å²) < 4.78 is 12.4. The van der Waals surface area contributed by atoms with Crippen molar-refractivity contribution < 1.29 is 9.47 Å². The highest BCUT2D eigenvalue weighted by Crippen LogP contribution is 2.29.